The highest BCUT2D eigenvalue weighted by Crippen LogP contribution is 2.39. The van der Waals surface area contributed by atoms with Gasteiger partial charge in [0.1, 0.15) is 0 Å². The maximum Gasteiger partial charge on any atom is 0.409 e. The summed E-state index contributed by atoms with van der Waals surface area (Å²) < 4.78 is 5.15. The number of piperidine rings is 2. The Morgan fingerprint density at radius 2 is 1.04 bits per heavy atom. The number of carbonyl (C=O) groups excluding carboxylic acids is 1. The SMILES string of the molecule is CCOC(=O)N1CCC(=C2c3ccccc3CCc3cccnc32)CC1.CN1CCC(=C2c3ccccc3CCc3cccnc32)CC1.F. The molecule has 2 aliphatic carbocycles. The number of carbonyl (C=O) groups is 1. The first-order valence-electron chi connectivity index (χ1n) is 17.7. The Morgan fingerprint density at radius 1 is 0.612 bits per heavy atom. The lowest BCUT2D eigenvalue weighted by atomic mass is 9.89. The van der Waals surface area contributed by atoms with Gasteiger partial charge in [-0.3, -0.25) is 14.7 Å². The van der Waals surface area contributed by atoms with Gasteiger partial charge >= 0.3 is 6.09 Å². The summed E-state index contributed by atoms with van der Waals surface area (Å²) in [5, 5.41) is 0. The Morgan fingerprint density at radius 3 is 1.53 bits per heavy atom. The molecule has 4 heterocycles. The van der Waals surface area contributed by atoms with Crippen LogP contribution in [0.25, 0.3) is 11.1 Å². The fraction of sp³-hybridized carbons (Fsp3) is 0.357. The number of benzene rings is 2. The van der Waals surface area contributed by atoms with Gasteiger partial charge in [0.15, 0.2) is 0 Å². The number of halogens is 1. The Hall–Kier alpha value is -4.62. The molecule has 254 valence electrons. The van der Waals surface area contributed by atoms with Crippen molar-refractivity contribution < 1.29 is 14.2 Å². The first-order valence-corrected chi connectivity index (χ1v) is 17.7. The van der Waals surface area contributed by atoms with E-state index < -0.39 is 0 Å². The molecule has 0 radical (unpaired) electrons. The Bertz CT molecular complexity index is 1750. The third-order valence-corrected chi connectivity index (χ3v) is 10.3. The number of rotatable bonds is 1. The van der Waals surface area contributed by atoms with Crippen LogP contribution >= 0.6 is 0 Å². The summed E-state index contributed by atoms with van der Waals surface area (Å²) in [7, 11) is 2.22. The standard InChI is InChI=1S/C22H24N2O2.C20H22N2.FH/c1-2-26-22(25)24-14-11-17(12-15-24)20-19-8-4-3-6-16(19)9-10-18-7-5-13-23-21(18)20;1-22-13-10-16(11-14-22)19-18-7-3-2-5-15(18)8-9-17-6-4-12-21-20(17)19;/h3-8,13H,2,9-12,14-15H2,1H3;2-7,12H,8-11,13-14H2,1H3;1H. The average molecular weight is 659 g/mol. The highest BCUT2D eigenvalue weighted by Gasteiger charge is 2.27. The number of likely N-dealkylation sites (tertiary alicyclic amines) is 2. The summed E-state index contributed by atoms with van der Waals surface area (Å²) >= 11 is 0. The lowest BCUT2D eigenvalue weighted by Crippen LogP contribution is -2.37. The second-order valence-corrected chi connectivity index (χ2v) is 13.3. The average Bonchev–Trinajstić information content (AvgIpc) is 3.41. The molecule has 8 rings (SSSR count). The van der Waals surface area contributed by atoms with Gasteiger partial charge in [0.2, 0.25) is 0 Å². The van der Waals surface area contributed by atoms with Crippen molar-refractivity contribution in [2.75, 3.05) is 39.8 Å². The number of aryl methyl sites for hydroxylation is 4. The van der Waals surface area contributed by atoms with Crippen LogP contribution in [-0.4, -0.2) is 65.7 Å². The molecule has 0 atom stereocenters. The van der Waals surface area contributed by atoms with Gasteiger partial charge in [0.25, 0.3) is 0 Å². The maximum absolute atomic E-state index is 12.0. The van der Waals surface area contributed by atoms with Crippen molar-refractivity contribution in [1.82, 2.24) is 19.8 Å². The maximum atomic E-state index is 12.0. The van der Waals surface area contributed by atoms with Gasteiger partial charge in [-0.25, -0.2) is 4.79 Å². The molecule has 4 aromatic rings. The molecule has 6 nitrogen and oxygen atoms in total. The third-order valence-electron chi connectivity index (χ3n) is 10.3. The second kappa shape index (κ2) is 15.7. The predicted octanol–water partition coefficient (Wildman–Crippen LogP) is 8.09. The zero-order valence-electron chi connectivity index (χ0n) is 28.8. The van der Waals surface area contributed by atoms with Gasteiger partial charge in [0, 0.05) is 49.7 Å². The van der Waals surface area contributed by atoms with Crippen LogP contribution in [0.15, 0.2) is 96.3 Å². The van der Waals surface area contributed by atoms with Gasteiger partial charge < -0.3 is 14.5 Å². The van der Waals surface area contributed by atoms with Crippen LogP contribution in [0.5, 0.6) is 0 Å². The van der Waals surface area contributed by atoms with Gasteiger partial charge in [-0.15, -0.1) is 0 Å². The first-order chi connectivity index (χ1) is 23.6. The van der Waals surface area contributed by atoms with E-state index in [0.29, 0.717) is 19.7 Å². The van der Waals surface area contributed by atoms with Crippen molar-refractivity contribution in [3.63, 3.8) is 0 Å². The molecule has 49 heavy (non-hydrogen) atoms. The highest BCUT2D eigenvalue weighted by molar-refractivity contribution is 5.85. The van der Waals surface area contributed by atoms with Crippen LogP contribution < -0.4 is 0 Å². The van der Waals surface area contributed by atoms with Crippen molar-refractivity contribution >= 4 is 17.2 Å². The molecule has 0 unspecified atom stereocenters. The third kappa shape index (κ3) is 7.37. The molecule has 0 spiro atoms. The fourth-order valence-corrected chi connectivity index (χ4v) is 7.77. The minimum absolute atomic E-state index is 0. The van der Waals surface area contributed by atoms with Gasteiger partial charge in [-0.1, -0.05) is 71.8 Å². The molecule has 1 amide bonds. The van der Waals surface area contributed by atoms with Crippen molar-refractivity contribution in [2.24, 2.45) is 0 Å². The minimum atomic E-state index is -0.198. The Balaban J connectivity index is 0.000000169. The number of hydrogen-bond acceptors (Lipinski definition) is 5. The molecule has 2 saturated heterocycles. The summed E-state index contributed by atoms with van der Waals surface area (Å²) in [6.45, 7) is 6.00. The molecule has 2 fully saturated rings. The van der Waals surface area contributed by atoms with E-state index in [1.807, 2.05) is 30.3 Å². The predicted molar refractivity (Wildman–Crippen MR) is 195 cm³/mol. The largest absolute Gasteiger partial charge is 0.450 e. The normalized spacial score (nSPS) is 17.1. The number of aromatic nitrogens is 2. The number of pyridine rings is 2. The summed E-state index contributed by atoms with van der Waals surface area (Å²) in [6.07, 6.45) is 12.0. The smallest absolute Gasteiger partial charge is 0.409 e. The lowest BCUT2D eigenvalue weighted by molar-refractivity contribution is 0.104. The molecule has 0 bridgehead atoms. The van der Waals surface area contributed by atoms with Crippen molar-refractivity contribution in [1.29, 1.82) is 0 Å². The topological polar surface area (TPSA) is 58.6 Å². The van der Waals surface area contributed by atoms with E-state index in [4.69, 9.17) is 14.7 Å². The molecule has 0 saturated carbocycles. The van der Waals surface area contributed by atoms with Crippen molar-refractivity contribution in [3.8, 4) is 0 Å². The molecular weight excluding hydrogens is 611 g/mol. The van der Waals surface area contributed by atoms with Crippen LogP contribution in [0.4, 0.5) is 9.50 Å². The van der Waals surface area contributed by atoms with E-state index in [1.165, 1.54) is 55.8 Å². The minimum Gasteiger partial charge on any atom is -0.450 e. The molecule has 2 aromatic carbocycles. The van der Waals surface area contributed by atoms with E-state index in [2.05, 4.69) is 78.7 Å². The van der Waals surface area contributed by atoms with E-state index in [-0.39, 0.29) is 10.8 Å². The quantitative estimate of drug-likeness (QED) is 0.207. The number of amides is 1. The van der Waals surface area contributed by atoms with Gasteiger partial charge in [-0.2, -0.15) is 0 Å². The highest BCUT2D eigenvalue weighted by atomic mass is 19.0. The fourth-order valence-electron chi connectivity index (χ4n) is 7.77. The molecule has 2 aliphatic heterocycles. The Labute approximate surface area is 289 Å². The van der Waals surface area contributed by atoms with E-state index >= 15 is 0 Å². The second-order valence-electron chi connectivity index (χ2n) is 13.3. The summed E-state index contributed by atoms with van der Waals surface area (Å²) in [4.78, 5) is 25.8. The lowest BCUT2D eigenvalue weighted by Gasteiger charge is -2.29. The number of hydrogen-bond donors (Lipinski definition) is 0. The number of fused-ring (bicyclic) bond motifs is 4. The Kier molecular flexibility index (Phi) is 11.0. The molecule has 4 aliphatic rings. The number of nitrogens with zero attached hydrogens (tertiary/aromatic N) is 4. The summed E-state index contributed by atoms with van der Waals surface area (Å²) in [5.74, 6) is 0. The zero-order valence-corrected chi connectivity index (χ0v) is 28.8. The van der Waals surface area contributed by atoms with E-state index in [9.17, 15) is 4.79 Å². The van der Waals surface area contributed by atoms with Gasteiger partial charge in [0.05, 0.1) is 18.0 Å². The van der Waals surface area contributed by atoms with Crippen molar-refractivity contribution in [2.45, 2.75) is 58.3 Å². The summed E-state index contributed by atoms with van der Waals surface area (Å²) in [6, 6.07) is 26.2. The zero-order chi connectivity index (χ0) is 32.9. The molecular formula is C42H47FN4O2. The van der Waals surface area contributed by atoms with Crippen LogP contribution in [-0.2, 0) is 30.4 Å². The van der Waals surface area contributed by atoms with Crippen LogP contribution in [0.3, 0.4) is 0 Å². The molecule has 7 heteroatoms. The molecule has 2 aromatic heterocycles. The number of ether oxygens (including phenoxy) is 1. The van der Waals surface area contributed by atoms with Gasteiger partial charge in [-0.05, 0) is 111 Å². The van der Waals surface area contributed by atoms with Crippen LogP contribution in [0.1, 0.15) is 77.4 Å². The molecule has 0 N–H and O–H groups in total. The monoisotopic (exact) mass is 658 g/mol. The van der Waals surface area contributed by atoms with Crippen molar-refractivity contribution in [3.05, 3.63) is 141 Å². The van der Waals surface area contributed by atoms with E-state index in [1.54, 1.807) is 5.57 Å². The van der Waals surface area contributed by atoms with Crippen LogP contribution in [0.2, 0.25) is 0 Å². The van der Waals surface area contributed by atoms with E-state index in [0.717, 1.165) is 70.2 Å². The first kappa shape index (κ1) is 34.3. The summed E-state index contributed by atoms with van der Waals surface area (Å²) in [5.41, 5.74) is 16.4. The van der Waals surface area contributed by atoms with Crippen LogP contribution in [0, 0.1) is 0 Å².